The lowest BCUT2D eigenvalue weighted by atomic mass is 10.3. The number of nitrogens with zero attached hydrogens (tertiary/aromatic N) is 3. The Morgan fingerprint density at radius 3 is 3.06 bits per heavy atom. The summed E-state index contributed by atoms with van der Waals surface area (Å²) in [5, 5.41) is 8.17. The van der Waals surface area contributed by atoms with E-state index in [1.807, 2.05) is 37.0 Å². The summed E-state index contributed by atoms with van der Waals surface area (Å²) in [5.74, 6) is 0.700. The highest BCUT2D eigenvalue weighted by Gasteiger charge is 2.04. The van der Waals surface area contributed by atoms with Gasteiger partial charge in [-0.05, 0) is 24.8 Å². The van der Waals surface area contributed by atoms with Gasteiger partial charge in [0, 0.05) is 18.0 Å². The SMILES string of the molecule is CSC(C)CNc1nc2ccc(C)cn2n1. The van der Waals surface area contributed by atoms with Crippen molar-refractivity contribution in [2.45, 2.75) is 19.1 Å². The summed E-state index contributed by atoms with van der Waals surface area (Å²) in [6.07, 6.45) is 4.08. The maximum atomic E-state index is 4.39. The van der Waals surface area contributed by atoms with Crippen LogP contribution in [-0.4, -0.2) is 32.6 Å². The second-order valence-corrected chi connectivity index (χ2v) is 5.15. The van der Waals surface area contributed by atoms with Crippen LogP contribution in [0.1, 0.15) is 12.5 Å². The molecule has 2 heterocycles. The molecule has 0 saturated heterocycles. The number of aryl methyl sites for hydroxylation is 1. The molecule has 1 N–H and O–H groups in total. The summed E-state index contributed by atoms with van der Waals surface area (Å²) in [4.78, 5) is 4.39. The number of anilines is 1. The topological polar surface area (TPSA) is 42.2 Å². The Kier molecular flexibility index (Phi) is 3.33. The predicted molar refractivity (Wildman–Crippen MR) is 69.2 cm³/mol. The molecule has 4 nitrogen and oxygen atoms in total. The monoisotopic (exact) mass is 236 g/mol. The number of hydrogen-bond donors (Lipinski definition) is 1. The van der Waals surface area contributed by atoms with Crippen molar-refractivity contribution in [3.05, 3.63) is 23.9 Å². The highest BCUT2D eigenvalue weighted by atomic mass is 32.2. The van der Waals surface area contributed by atoms with Crippen molar-refractivity contribution in [3.63, 3.8) is 0 Å². The first-order valence-electron chi connectivity index (χ1n) is 5.29. The third-order valence-corrected chi connectivity index (χ3v) is 3.40. The summed E-state index contributed by atoms with van der Waals surface area (Å²) in [7, 11) is 0. The predicted octanol–water partition coefficient (Wildman–Crippen LogP) is 2.20. The van der Waals surface area contributed by atoms with Crippen LogP contribution in [0.2, 0.25) is 0 Å². The Balaban J connectivity index is 2.13. The largest absolute Gasteiger partial charge is 0.352 e. The highest BCUT2D eigenvalue weighted by molar-refractivity contribution is 7.99. The molecule has 0 saturated carbocycles. The Labute approximate surface area is 99.5 Å². The fraction of sp³-hybridized carbons (Fsp3) is 0.455. The molecule has 0 aliphatic carbocycles. The lowest BCUT2D eigenvalue weighted by Gasteiger charge is -2.06. The number of fused-ring (bicyclic) bond motifs is 1. The Morgan fingerprint density at radius 2 is 2.31 bits per heavy atom. The molecular weight excluding hydrogens is 220 g/mol. The second-order valence-electron chi connectivity index (χ2n) is 3.87. The molecule has 1 unspecified atom stereocenters. The molecule has 0 spiro atoms. The molecule has 86 valence electrons. The van der Waals surface area contributed by atoms with Gasteiger partial charge in [0.05, 0.1) is 0 Å². The third-order valence-electron chi connectivity index (χ3n) is 2.43. The number of aromatic nitrogens is 3. The molecule has 1 atom stereocenters. The van der Waals surface area contributed by atoms with Crippen molar-refractivity contribution >= 4 is 23.4 Å². The maximum Gasteiger partial charge on any atom is 0.243 e. The zero-order valence-corrected chi connectivity index (χ0v) is 10.6. The van der Waals surface area contributed by atoms with E-state index in [-0.39, 0.29) is 0 Å². The van der Waals surface area contributed by atoms with E-state index >= 15 is 0 Å². The van der Waals surface area contributed by atoms with E-state index in [4.69, 9.17) is 0 Å². The van der Waals surface area contributed by atoms with Crippen LogP contribution in [0.5, 0.6) is 0 Å². The average molecular weight is 236 g/mol. The van der Waals surface area contributed by atoms with Crippen molar-refractivity contribution in [2.24, 2.45) is 0 Å². The smallest absolute Gasteiger partial charge is 0.243 e. The molecule has 2 aromatic heterocycles. The van der Waals surface area contributed by atoms with Gasteiger partial charge in [0.1, 0.15) is 0 Å². The first-order valence-corrected chi connectivity index (χ1v) is 6.57. The Morgan fingerprint density at radius 1 is 1.50 bits per heavy atom. The molecule has 0 aliphatic heterocycles. The number of hydrogen-bond acceptors (Lipinski definition) is 4. The van der Waals surface area contributed by atoms with Crippen LogP contribution in [0.15, 0.2) is 18.3 Å². The van der Waals surface area contributed by atoms with Crippen LogP contribution in [0.4, 0.5) is 5.95 Å². The molecular formula is C11H16N4S. The van der Waals surface area contributed by atoms with Crippen LogP contribution >= 0.6 is 11.8 Å². The van der Waals surface area contributed by atoms with Gasteiger partial charge in [-0.3, -0.25) is 0 Å². The standard InChI is InChI=1S/C11H16N4S/c1-8-4-5-10-13-11(14-15(10)7-8)12-6-9(2)16-3/h4-5,7,9H,6H2,1-3H3,(H,12,14). The molecule has 0 radical (unpaired) electrons. The van der Waals surface area contributed by atoms with Crippen molar-refractivity contribution in [3.8, 4) is 0 Å². The molecule has 0 fully saturated rings. The van der Waals surface area contributed by atoms with Crippen molar-refractivity contribution in [1.29, 1.82) is 0 Å². The average Bonchev–Trinajstić information content (AvgIpc) is 2.67. The van der Waals surface area contributed by atoms with Crippen LogP contribution in [0, 0.1) is 6.92 Å². The van der Waals surface area contributed by atoms with E-state index in [2.05, 4.69) is 28.6 Å². The van der Waals surface area contributed by atoms with Crippen LogP contribution < -0.4 is 5.32 Å². The molecule has 5 heteroatoms. The fourth-order valence-corrected chi connectivity index (χ4v) is 1.63. The van der Waals surface area contributed by atoms with E-state index in [0.717, 1.165) is 12.2 Å². The Hall–Kier alpha value is -1.23. The molecule has 2 rings (SSSR count). The molecule has 0 amide bonds. The first kappa shape index (κ1) is 11.3. The van der Waals surface area contributed by atoms with Gasteiger partial charge in [-0.1, -0.05) is 13.0 Å². The maximum absolute atomic E-state index is 4.39. The summed E-state index contributed by atoms with van der Waals surface area (Å²) in [5.41, 5.74) is 2.06. The van der Waals surface area contributed by atoms with E-state index < -0.39 is 0 Å². The normalized spacial score (nSPS) is 12.9. The number of rotatable bonds is 4. The van der Waals surface area contributed by atoms with Crippen LogP contribution in [-0.2, 0) is 0 Å². The number of thioether (sulfide) groups is 1. The Bertz CT molecular complexity index is 480. The molecule has 2 aromatic rings. The quantitative estimate of drug-likeness (QED) is 0.883. The van der Waals surface area contributed by atoms with E-state index in [1.54, 1.807) is 4.52 Å². The lowest BCUT2D eigenvalue weighted by molar-refractivity contribution is 0.928. The minimum Gasteiger partial charge on any atom is -0.352 e. The van der Waals surface area contributed by atoms with E-state index in [9.17, 15) is 0 Å². The van der Waals surface area contributed by atoms with Gasteiger partial charge in [0.25, 0.3) is 0 Å². The third kappa shape index (κ3) is 2.47. The van der Waals surface area contributed by atoms with Crippen molar-refractivity contribution in [2.75, 3.05) is 18.1 Å². The summed E-state index contributed by atoms with van der Waals surface area (Å²) in [6, 6.07) is 4.02. The molecule has 0 aromatic carbocycles. The summed E-state index contributed by atoms with van der Waals surface area (Å²) in [6.45, 7) is 5.11. The van der Waals surface area contributed by atoms with E-state index in [0.29, 0.717) is 11.2 Å². The number of pyridine rings is 1. The zero-order chi connectivity index (χ0) is 11.5. The number of nitrogens with one attached hydrogen (secondary N) is 1. The summed E-state index contributed by atoms with van der Waals surface area (Å²) < 4.78 is 1.81. The lowest BCUT2D eigenvalue weighted by Crippen LogP contribution is -2.13. The van der Waals surface area contributed by atoms with E-state index in [1.165, 1.54) is 5.56 Å². The second kappa shape index (κ2) is 4.74. The zero-order valence-electron chi connectivity index (χ0n) is 9.77. The van der Waals surface area contributed by atoms with Crippen molar-refractivity contribution < 1.29 is 0 Å². The van der Waals surface area contributed by atoms with Gasteiger partial charge in [0.2, 0.25) is 5.95 Å². The molecule has 0 aliphatic rings. The van der Waals surface area contributed by atoms with Gasteiger partial charge in [0.15, 0.2) is 5.65 Å². The van der Waals surface area contributed by atoms with Gasteiger partial charge < -0.3 is 5.32 Å². The minimum absolute atomic E-state index is 0.563. The van der Waals surface area contributed by atoms with Gasteiger partial charge in [-0.15, -0.1) is 5.10 Å². The highest BCUT2D eigenvalue weighted by Crippen LogP contribution is 2.09. The first-order chi connectivity index (χ1) is 7.69. The van der Waals surface area contributed by atoms with Gasteiger partial charge in [-0.25, -0.2) is 4.52 Å². The van der Waals surface area contributed by atoms with Crippen LogP contribution in [0.3, 0.4) is 0 Å². The van der Waals surface area contributed by atoms with Crippen LogP contribution in [0.25, 0.3) is 5.65 Å². The molecule has 0 bridgehead atoms. The van der Waals surface area contributed by atoms with Crippen molar-refractivity contribution in [1.82, 2.24) is 14.6 Å². The molecule has 16 heavy (non-hydrogen) atoms. The summed E-state index contributed by atoms with van der Waals surface area (Å²) >= 11 is 1.83. The van der Waals surface area contributed by atoms with Gasteiger partial charge in [-0.2, -0.15) is 16.7 Å². The fourth-order valence-electron chi connectivity index (χ4n) is 1.38. The minimum atomic E-state index is 0.563. The van der Waals surface area contributed by atoms with Gasteiger partial charge >= 0.3 is 0 Å².